The van der Waals surface area contributed by atoms with Crippen molar-refractivity contribution in [3.63, 3.8) is 0 Å². The second-order valence-electron chi connectivity index (χ2n) is 6.41. The van der Waals surface area contributed by atoms with E-state index in [1.54, 1.807) is 0 Å². The molecule has 15 nitrogen and oxygen atoms in total. The average molecular weight is 523 g/mol. The predicted octanol–water partition coefficient (Wildman–Crippen LogP) is -9.69. The number of β-lactam (4-membered cyclic amide) rings is 1. The van der Waals surface area contributed by atoms with Gasteiger partial charge < -0.3 is 35.1 Å². The van der Waals surface area contributed by atoms with Crippen molar-refractivity contribution in [3.8, 4) is 0 Å². The maximum absolute atomic E-state index is 12.7. The first-order valence-corrected chi connectivity index (χ1v) is 10.3. The Morgan fingerprint density at radius 2 is 1.91 bits per heavy atom. The van der Waals surface area contributed by atoms with E-state index in [-0.39, 0.29) is 74.2 Å². The van der Waals surface area contributed by atoms with E-state index in [1.165, 1.54) is 5.38 Å². The minimum atomic E-state index is -5.37. The second-order valence-corrected chi connectivity index (χ2v) is 8.55. The van der Waals surface area contributed by atoms with Crippen LogP contribution in [0.5, 0.6) is 0 Å². The molecule has 0 aromatic carbocycles. The SMILES string of the molecule is COC(=O)[C@H]1[C@@H](NC(=O)C(=NOC(C)(C)C(=O)[O-])c2csc(N)n2)C(=O)N1S(=O)(=O)[O-].[Na+].[Na+]. The number of ether oxygens (including phenoxy) is 1. The number of amides is 2. The van der Waals surface area contributed by atoms with E-state index >= 15 is 0 Å². The zero-order chi connectivity index (χ0) is 23.7. The first-order chi connectivity index (χ1) is 14.2. The maximum atomic E-state index is 12.7. The van der Waals surface area contributed by atoms with Gasteiger partial charge in [0.05, 0.1) is 13.1 Å². The predicted molar refractivity (Wildman–Crippen MR) is 97.5 cm³/mol. The number of rotatable bonds is 8. The number of aliphatic carboxylic acids is 1. The van der Waals surface area contributed by atoms with Crippen LogP contribution in [-0.4, -0.2) is 76.5 Å². The summed E-state index contributed by atoms with van der Waals surface area (Å²) >= 11 is 0.893. The molecule has 1 aromatic rings. The van der Waals surface area contributed by atoms with E-state index in [0.29, 0.717) is 0 Å². The summed E-state index contributed by atoms with van der Waals surface area (Å²) in [5.74, 6) is -5.55. The van der Waals surface area contributed by atoms with E-state index < -0.39 is 57.5 Å². The Hall–Kier alpha value is -1.31. The quantitative estimate of drug-likeness (QED) is 0.0807. The molecule has 2 heterocycles. The van der Waals surface area contributed by atoms with Crippen LogP contribution in [0.1, 0.15) is 19.5 Å². The molecule has 170 valence electrons. The molecule has 0 saturated carbocycles. The van der Waals surface area contributed by atoms with Gasteiger partial charge in [-0.1, -0.05) is 5.16 Å². The summed E-state index contributed by atoms with van der Waals surface area (Å²) in [6.45, 7) is 2.16. The normalized spacial score (nSPS) is 18.2. The summed E-state index contributed by atoms with van der Waals surface area (Å²) < 4.78 is 37.8. The standard InChI is InChI=1S/C14H17N5O10S2.2Na/c1-14(2,12(23)24)29-18-6(5-4-30-13(15)16-5)9(20)17-7-8(11(22)28-3)19(10(7)21)31(25,26)27;;/h4,7-8H,1-3H3,(H2,15,16)(H,17,20)(H,23,24)(H,25,26,27);;/q;2*+1/p-2/t7-,8-;;/m1../s1. The number of aromatic nitrogens is 1. The maximum Gasteiger partial charge on any atom is 1.00 e. The molecule has 1 aliphatic heterocycles. The fourth-order valence-electron chi connectivity index (χ4n) is 2.21. The number of nitrogens with one attached hydrogen (secondary N) is 1. The summed E-state index contributed by atoms with van der Waals surface area (Å²) in [5.41, 5.74) is 2.71. The van der Waals surface area contributed by atoms with Crippen LogP contribution in [0, 0.1) is 0 Å². The van der Waals surface area contributed by atoms with Gasteiger partial charge >= 0.3 is 65.1 Å². The van der Waals surface area contributed by atoms with Crippen LogP contribution >= 0.6 is 11.3 Å². The molecule has 0 bridgehead atoms. The van der Waals surface area contributed by atoms with Crippen LogP contribution < -0.4 is 75.3 Å². The molecule has 1 fully saturated rings. The summed E-state index contributed by atoms with van der Waals surface area (Å²) in [6, 6.07) is -3.75. The zero-order valence-electron chi connectivity index (χ0n) is 18.1. The number of nitrogen functional groups attached to an aromatic ring is 1. The molecule has 1 saturated heterocycles. The molecule has 3 N–H and O–H groups in total. The van der Waals surface area contributed by atoms with Gasteiger partial charge in [-0.25, -0.2) is 22.5 Å². The molecular formula is C14H15N5Na2O10S2. The molecule has 0 spiro atoms. The molecular weight excluding hydrogens is 508 g/mol. The van der Waals surface area contributed by atoms with E-state index in [9.17, 15) is 37.3 Å². The molecule has 2 rings (SSSR count). The van der Waals surface area contributed by atoms with Gasteiger partial charge in [-0.3, -0.25) is 9.59 Å². The Morgan fingerprint density at radius 1 is 1.33 bits per heavy atom. The Bertz CT molecular complexity index is 1070. The Morgan fingerprint density at radius 3 is 2.33 bits per heavy atom. The molecule has 0 aliphatic carbocycles. The van der Waals surface area contributed by atoms with Crippen molar-refractivity contribution in [3.05, 3.63) is 11.1 Å². The van der Waals surface area contributed by atoms with Crippen LogP contribution in [0.3, 0.4) is 0 Å². The molecule has 0 unspecified atom stereocenters. The van der Waals surface area contributed by atoms with Gasteiger partial charge in [0.2, 0.25) is 0 Å². The molecule has 19 heteroatoms. The van der Waals surface area contributed by atoms with Gasteiger partial charge in [-0.2, -0.15) is 0 Å². The molecule has 2 amide bonds. The molecule has 1 aliphatic rings. The monoisotopic (exact) mass is 523 g/mol. The summed E-state index contributed by atoms with van der Waals surface area (Å²) in [7, 11) is -4.49. The number of esters is 1. The van der Waals surface area contributed by atoms with Crippen LogP contribution in [0.15, 0.2) is 10.5 Å². The fraction of sp³-hybridized carbons (Fsp3) is 0.429. The third-order valence-electron chi connectivity index (χ3n) is 3.86. The number of methoxy groups -OCH3 is 1. The van der Waals surface area contributed by atoms with Crippen molar-refractivity contribution in [2.75, 3.05) is 12.8 Å². The fourth-order valence-corrected chi connectivity index (χ4v) is 3.58. The average Bonchev–Trinajstić information content (AvgIpc) is 3.07. The van der Waals surface area contributed by atoms with Gasteiger partial charge in [0.1, 0.15) is 11.7 Å². The number of carboxylic acid groups (broad SMARTS) is 1. The van der Waals surface area contributed by atoms with Crippen LogP contribution in [0.25, 0.3) is 0 Å². The number of thiazole rings is 1. The van der Waals surface area contributed by atoms with Crippen molar-refractivity contribution in [2.45, 2.75) is 31.5 Å². The third kappa shape index (κ3) is 7.09. The Labute approximate surface area is 235 Å². The molecule has 0 radical (unpaired) electrons. The number of anilines is 1. The van der Waals surface area contributed by atoms with E-state index in [0.717, 1.165) is 32.3 Å². The van der Waals surface area contributed by atoms with E-state index in [4.69, 9.17) is 10.6 Å². The largest absolute Gasteiger partial charge is 1.00 e. The summed E-state index contributed by atoms with van der Waals surface area (Å²) in [5, 5.41) is 17.8. The molecule has 1 aromatic heterocycles. The molecule has 2 atom stereocenters. The van der Waals surface area contributed by atoms with E-state index in [1.807, 2.05) is 5.32 Å². The number of carboxylic acids is 1. The Balaban J connectivity index is 0.00000512. The van der Waals surface area contributed by atoms with Crippen molar-refractivity contribution in [2.24, 2.45) is 5.16 Å². The smallest absolute Gasteiger partial charge is 0.731 e. The van der Waals surface area contributed by atoms with Crippen LogP contribution in [0.4, 0.5) is 5.13 Å². The minimum Gasteiger partial charge on any atom is -0.731 e. The topological polar surface area (TPSA) is 234 Å². The van der Waals surface area contributed by atoms with Crippen molar-refractivity contribution in [1.29, 1.82) is 0 Å². The van der Waals surface area contributed by atoms with E-state index in [2.05, 4.69) is 14.9 Å². The summed E-state index contributed by atoms with van der Waals surface area (Å²) in [6.07, 6.45) is 0. The van der Waals surface area contributed by atoms with Crippen molar-refractivity contribution >= 4 is 56.2 Å². The van der Waals surface area contributed by atoms with Gasteiger partial charge in [0, 0.05) is 5.38 Å². The number of hydrogen-bond acceptors (Lipinski definition) is 14. The van der Waals surface area contributed by atoms with Crippen LogP contribution in [0.2, 0.25) is 0 Å². The Kier molecular flexibility index (Phi) is 11.4. The summed E-state index contributed by atoms with van der Waals surface area (Å²) in [4.78, 5) is 56.3. The number of carbonyl (C=O) groups excluding carboxylic acids is 4. The number of nitrogens with zero attached hydrogens (tertiary/aromatic N) is 3. The number of carbonyl (C=O) groups is 4. The number of nitrogens with two attached hydrogens (primary N) is 1. The van der Waals surface area contributed by atoms with Gasteiger partial charge in [-0.15, -0.1) is 11.3 Å². The van der Waals surface area contributed by atoms with Crippen LogP contribution in [-0.2, 0) is 39.1 Å². The first-order valence-electron chi connectivity index (χ1n) is 8.07. The third-order valence-corrected chi connectivity index (χ3v) is 5.42. The minimum absolute atomic E-state index is 0. The van der Waals surface area contributed by atoms with Crippen molar-refractivity contribution in [1.82, 2.24) is 14.6 Å². The number of hydrogen-bond donors (Lipinski definition) is 2. The zero-order valence-corrected chi connectivity index (χ0v) is 23.7. The molecule has 33 heavy (non-hydrogen) atoms. The van der Waals surface area contributed by atoms with Gasteiger partial charge in [0.25, 0.3) is 11.8 Å². The second kappa shape index (κ2) is 11.9. The van der Waals surface area contributed by atoms with Gasteiger partial charge in [-0.05, 0) is 13.8 Å². The van der Waals surface area contributed by atoms with Crippen molar-refractivity contribution < 1.29 is 106 Å². The first kappa shape index (κ1) is 31.7. The number of oxime groups is 1. The van der Waals surface area contributed by atoms with Gasteiger partial charge in [0.15, 0.2) is 32.8 Å².